The minimum atomic E-state index is 0.207. The average molecular weight is 311 g/mol. The van der Waals surface area contributed by atoms with Gasteiger partial charge in [0.15, 0.2) is 0 Å². The molecule has 2 atom stereocenters. The van der Waals surface area contributed by atoms with Crippen molar-refractivity contribution in [3.05, 3.63) is 47.4 Å². The third-order valence-corrected chi connectivity index (χ3v) is 4.44. The van der Waals surface area contributed by atoms with Crippen LogP contribution >= 0.6 is 0 Å². The van der Waals surface area contributed by atoms with Crippen molar-refractivity contribution in [2.45, 2.75) is 39.1 Å². The van der Waals surface area contributed by atoms with E-state index in [9.17, 15) is 0 Å². The summed E-state index contributed by atoms with van der Waals surface area (Å²) in [7, 11) is 0. The van der Waals surface area contributed by atoms with Gasteiger partial charge in [-0.2, -0.15) is 0 Å². The highest BCUT2D eigenvalue weighted by Crippen LogP contribution is 2.32. The van der Waals surface area contributed by atoms with Crippen molar-refractivity contribution >= 4 is 5.82 Å². The number of nitrogens with zero attached hydrogens (tertiary/aromatic N) is 3. The van der Waals surface area contributed by atoms with Gasteiger partial charge in [-0.25, -0.2) is 9.97 Å². The van der Waals surface area contributed by atoms with E-state index in [0.29, 0.717) is 6.61 Å². The third kappa shape index (κ3) is 2.77. The first-order chi connectivity index (χ1) is 11.2. The van der Waals surface area contributed by atoms with Gasteiger partial charge in [0.05, 0.1) is 17.9 Å². The van der Waals surface area contributed by atoms with Gasteiger partial charge in [-0.1, -0.05) is 18.2 Å². The van der Waals surface area contributed by atoms with Crippen LogP contribution in [-0.4, -0.2) is 35.3 Å². The van der Waals surface area contributed by atoms with Crippen molar-refractivity contribution in [1.82, 2.24) is 9.97 Å². The Labute approximate surface area is 136 Å². The number of anilines is 1. The molecule has 0 bridgehead atoms. The van der Waals surface area contributed by atoms with Crippen LogP contribution in [0, 0.1) is 0 Å². The van der Waals surface area contributed by atoms with E-state index in [1.807, 2.05) is 12.1 Å². The molecule has 0 aliphatic carbocycles. The number of hydrogen-bond acceptors (Lipinski definition) is 5. The van der Waals surface area contributed by atoms with E-state index < -0.39 is 0 Å². The molecule has 5 nitrogen and oxygen atoms in total. The standard InChI is InChI=1S/C18H21N3O2/c1-12-8-21(9-13(2)23-12)18-15-7-14-5-3-4-6-17(14)22-10-16(15)19-11-20-18/h3-6,11-13H,7-10H2,1-2H3/t12-,13+. The van der Waals surface area contributed by atoms with E-state index >= 15 is 0 Å². The molecule has 2 aliphatic rings. The smallest absolute Gasteiger partial charge is 0.136 e. The van der Waals surface area contributed by atoms with E-state index in [-0.39, 0.29) is 12.2 Å². The Morgan fingerprint density at radius 1 is 1.09 bits per heavy atom. The molecule has 0 N–H and O–H groups in total. The second-order valence-corrected chi connectivity index (χ2v) is 6.36. The predicted molar refractivity (Wildman–Crippen MR) is 87.8 cm³/mol. The third-order valence-electron chi connectivity index (χ3n) is 4.44. The molecule has 2 aliphatic heterocycles. The monoisotopic (exact) mass is 311 g/mol. The lowest BCUT2D eigenvalue weighted by molar-refractivity contribution is -0.00551. The Balaban J connectivity index is 1.74. The molecule has 4 rings (SSSR count). The first kappa shape index (κ1) is 14.5. The molecular weight excluding hydrogens is 290 g/mol. The Morgan fingerprint density at radius 3 is 2.70 bits per heavy atom. The van der Waals surface area contributed by atoms with Crippen molar-refractivity contribution in [3.63, 3.8) is 0 Å². The summed E-state index contributed by atoms with van der Waals surface area (Å²) in [6.45, 7) is 6.44. The van der Waals surface area contributed by atoms with Crippen LogP contribution in [0.25, 0.3) is 0 Å². The largest absolute Gasteiger partial charge is 0.487 e. The number of hydrogen-bond donors (Lipinski definition) is 0. The van der Waals surface area contributed by atoms with E-state index in [2.05, 4.69) is 40.8 Å². The number of benzene rings is 1. The van der Waals surface area contributed by atoms with Crippen LogP contribution in [0.5, 0.6) is 5.75 Å². The summed E-state index contributed by atoms with van der Waals surface area (Å²) in [4.78, 5) is 11.4. The molecule has 0 spiro atoms. The molecule has 1 aromatic heterocycles. The van der Waals surface area contributed by atoms with Gasteiger partial charge in [-0.05, 0) is 25.5 Å². The number of fused-ring (bicyclic) bond motifs is 2. The summed E-state index contributed by atoms with van der Waals surface area (Å²) < 4.78 is 11.8. The van der Waals surface area contributed by atoms with Crippen LogP contribution < -0.4 is 9.64 Å². The fourth-order valence-corrected chi connectivity index (χ4v) is 3.49. The first-order valence-corrected chi connectivity index (χ1v) is 8.14. The van der Waals surface area contributed by atoms with Crippen LogP contribution in [0.1, 0.15) is 30.7 Å². The van der Waals surface area contributed by atoms with Crippen LogP contribution in [0.2, 0.25) is 0 Å². The molecule has 120 valence electrons. The van der Waals surface area contributed by atoms with Crippen molar-refractivity contribution in [2.24, 2.45) is 0 Å². The number of para-hydroxylation sites is 1. The molecule has 0 radical (unpaired) electrons. The SMILES string of the molecule is C[C@@H]1CN(c2ncnc3c2Cc2ccccc2OC3)C[C@H](C)O1. The highest BCUT2D eigenvalue weighted by atomic mass is 16.5. The summed E-state index contributed by atoms with van der Waals surface area (Å²) in [5.74, 6) is 1.97. The summed E-state index contributed by atoms with van der Waals surface area (Å²) in [6, 6.07) is 8.20. The molecule has 1 saturated heterocycles. The molecule has 3 heterocycles. The number of ether oxygens (including phenoxy) is 2. The highest BCUT2D eigenvalue weighted by Gasteiger charge is 2.27. The molecule has 1 aromatic carbocycles. The van der Waals surface area contributed by atoms with Crippen LogP contribution in [0.4, 0.5) is 5.82 Å². The Kier molecular flexibility index (Phi) is 3.65. The molecular formula is C18H21N3O2. The van der Waals surface area contributed by atoms with Gasteiger partial charge < -0.3 is 14.4 Å². The zero-order valence-corrected chi connectivity index (χ0v) is 13.5. The highest BCUT2D eigenvalue weighted by molar-refractivity contribution is 5.53. The van der Waals surface area contributed by atoms with E-state index in [4.69, 9.17) is 9.47 Å². The maximum atomic E-state index is 5.93. The zero-order valence-electron chi connectivity index (χ0n) is 13.5. The number of rotatable bonds is 1. The first-order valence-electron chi connectivity index (χ1n) is 8.14. The summed E-state index contributed by atoms with van der Waals surface area (Å²) in [5, 5.41) is 0. The molecule has 5 heteroatoms. The number of aromatic nitrogens is 2. The van der Waals surface area contributed by atoms with E-state index in [0.717, 1.165) is 36.8 Å². The lowest BCUT2D eigenvalue weighted by Gasteiger charge is -2.37. The Hall–Kier alpha value is -2.14. The minimum Gasteiger partial charge on any atom is -0.487 e. The van der Waals surface area contributed by atoms with Gasteiger partial charge in [0.1, 0.15) is 24.5 Å². The molecule has 2 aromatic rings. The van der Waals surface area contributed by atoms with Crippen molar-refractivity contribution < 1.29 is 9.47 Å². The second kappa shape index (κ2) is 5.81. The lowest BCUT2D eigenvalue weighted by Crippen LogP contribution is -2.46. The van der Waals surface area contributed by atoms with Crippen LogP contribution in [-0.2, 0) is 17.8 Å². The van der Waals surface area contributed by atoms with E-state index in [1.54, 1.807) is 6.33 Å². The molecule has 0 unspecified atom stereocenters. The maximum Gasteiger partial charge on any atom is 0.136 e. The van der Waals surface area contributed by atoms with Crippen molar-refractivity contribution in [2.75, 3.05) is 18.0 Å². The molecule has 23 heavy (non-hydrogen) atoms. The fraction of sp³-hybridized carbons (Fsp3) is 0.444. The van der Waals surface area contributed by atoms with Crippen molar-refractivity contribution in [1.29, 1.82) is 0 Å². The minimum absolute atomic E-state index is 0.207. The predicted octanol–water partition coefficient (Wildman–Crippen LogP) is 2.57. The summed E-state index contributed by atoms with van der Waals surface area (Å²) in [5.41, 5.74) is 3.36. The van der Waals surface area contributed by atoms with Gasteiger partial charge in [0, 0.05) is 25.1 Å². The van der Waals surface area contributed by atoms with Gasteiger partial charge >= 0.3 is 0 Å². The second-order valence-electron chi connectivity index (χ2n) is 6.36. The summed E-state index contributed by atoms with van der Waals surface area (Å²) in [6.07, 6.45) is 2.87. The fourth-order valence-electron chi connectivity index (χ4n) is 3.49. The summed E-state index contributed by atoms with van der Waals surface area (Å²) >= 11 is 0. The maximum absolute atomic E-state index is 5.93. The Morgan fingerprint density at radius 2 is 1.87 bits per heavy atom. The molecule has 1 fully saturated rings. The van der Waals surface area contributed by atoms with Crippen LogP contribution in [0.15, 0.2) is 30.6 Å². The zero-order chi connectivity index (χ0) is 15.8. The van der Waals surface area contributed by atoms with Gasteiger partial charge in [0.2, 0.25) is 0 Å². The van der Waals surface area contributed by atoms with Crippen molar-refractivity contribution in [3.8, 4) is 5.75 Å². The van der Waals surface area contributed by atoms with Crippen LogP contribution in [0.3, 0.4) is 0 Å². The van der Waals surface area contributed by atoms with Gasteiger partial charge in [-0.15, -0.1) is 0 Å². The molecule has 0 amide bonds. The quantitative estimate of drug-likeness (QED) is 0.810. The Bertz CT molecular complexity index is 709. The van der Waals surface area contributed by atoms with Gasteiger partial charge in [-0.3, -0.25) is 0 Å². The average Bonchev–Trinajstić information content (AvgIpc) is 2.73. The molecule has 0 saturated carbocycles. The van der Waals surface area contributed by atoms with Gasteiger partial charge in [0.25, 0.3) is 0 Å². The number of morpholine rings is 1. The topological polar surface area (TPSA) is 47.5 Å². The normalized spacial score (nSPS) is 23.5. The lowest BCUT2D eigenvalue weighted by atomic mass is 10.0. The van der Waals surface area contributed by atoms with E-state index in [1.165, 1.54) is 11.1 Å².